The molecule has 0 radical (unpaired) electrons. The minimum absolute atomic E-state index is 0.110. The van der Waals surface area contributed by atoms with Gasteiger partial charge in [-0.1, -0.05) is 54.6 Å². The van der Waals surface area contributed by atoms with E-state index in [0.717, 1.165) is 27.8 Å². The molecule has 0 fully saturated rings. The Morgan fingerprint density at radius 1 is 0.500 bits per heavy atom. The van der Waals surface area contributed by atoms with Gasteiger partial charge in [-0.05, 0) is 82.0 Å². The molecule has 4 aromatic carbocycles. The lowest BCUT2D eigenvalue weighted by Gasteiger charge is -2.09. The van der Waals surface area contributed by atoms with Crippen LogP contribution in [0.1, 0.15) is 109 Å². The minimum Gasteiger partial charge on any atom is -0.293 e. The standard InChI is InChI=1S/C21H14O5.C17H18O/c1-9-17(22)12-7-6-11(8-15(12)19(9)24)21(26)14-5-3-4-13-16(14)20(25)10(2)18(13)23;1-11-8-9-15(10-13(11)3)17(18)16-7-5-6-12(2)14(16)4/h3-10H,1-2H3;5-10H,1-4H3. The lowest BCUT2D eigenvalue weighted by atomic mass is 9.93. The molecule has 0 N–H and O–H groups in total. The molecule has 6 heteroatoms. The van der Waals surface area contributed by atoms with Crippen molar-refractivity contribution in [2.45, 2.75) is 41.5 Å². The molecule has 220 valence electrons. The lowest BCUT2D eigenvalue weighted by molar-refractivity contribution is 0.0836. The summed E-state index contributed by atoms with van der Waals surface area (Å²) in [5.74, 6) is -3.08. The number of carbonyl (C=O) groups is 6. The van der Waals surface area contributed by atoms with Crippen molar-refractivity contribution in [1.82, 2.24) is 0 Å². The summed E-state index contributed by atoms with van der Waals surface area (Å²) < 4.78 is 0. The first kappa shape index (κ1) is 30.4. The van der Waals surface area contributed by atoms with E-state index in [-0.39, 0.29) is 56.7 Å². The van der Waals surface area contributed by atoms with E-state index in [4.69, 9.17) is 0 Å². The lowest BCUT2D eigenvalue weighted by Crippen LogP contribution is -2.12. The normalized spacial score (nSPS) is 16.8. The van der Waals surface area contributed by atoms with Crippen molar-refractivity contribution in [3.63, 3.8) is 0 Å². The van der Waals surface area contributed by atoms with Gasteiger partial charge in [0, 0.05) is 44.5 Å². The smallest absolute Gasteiger partial charge is 0.193 e. The summed E-state index contributed by atoms with van der Waals surface area (Å²) in [5, 5.41) is 0. The summed E-state index contributed by atoms with van der Waals surface area (Å²) in [7, 11) is 0. The highest BCUT2D eigenvalue weighted by Gasteiger charge is 2.39. The van der Waals surface area contributed by atoms with Crippen molar-refractivity contribution >= 4 is 34.7 Å². The van der Waals surface area contributed by atoms with E-state index in [9.17, 15) is 28.8 Å². The molecular weight excluding hydrogens is 552 g/mol. The van der Waals surface area contributed by atoms with Crippen LogP contribution in [0.25, 0.3) is 0 Å². The molecule has 6 nitrogen and oxygen atoms in total. The van der Waals surface area contributed by atoms with Crippen LogP contribution in [0.15, 0.2) is 72.8 Å². The summed E-state index contributed by atoms with van der Waals surface area (Å²) in [6.45, 7) is 11.2. The molecule has 2 unspecified atom stereocenters. The van der Waals surface area contributed by atoms with Gasteiger partial charge in [-0.25, -0.2) is 0 Å². The molecule has 4 aromatic rings. The Labute approximate surface area is 256 Å². The fourth-order valence-electron chi connectivity index (χ4n) is 5.66. The highest BCUT2D eigenvalue weighted by atomic mass is 16.2. The van der Waals surface area contributed by atoms with Gasteiger partial charge in [0.25, 0.3) is 0 Å². The molecule has 44 heavy (non-hydrogen) atoms. The molecule has 6 rings (SSSR count). The molecule has 0 aromatic heterocycles. The second-order valence-corrected chi connectivity index (χ2v) is 11.6. The molecule has 0 saturated heterocycles. The van der Waals surface area contributed by atoms with Crippen LogP contribution in [0.2, 0.25) is 0 Å². The van der Waals surface area contributed by atoms with Gasteiger partial charge >= 0.3 is 0 Å². The highest BCUT2D eigenvalue weighted by Crippen LogP contribution is 2.32. The van der Waals surface area contributed by atoms with Crippen LogP contribution in [0.5, 0.6) is 0 Å². The number of fused-ring (bicyclic) bond motifs is 2. The molecule has 0 aliphatic heterocycles. The molecule has 2 atom stereocenters. The number of aryl methyl sites for hydroxylation is 3. The SMILES string of the molecule is CC1C(=O)c2ccc(C(=O)c3cccc4c3C(=O)C(C)C4=O)cc2C1=O.Cc1ccc(C(=O)c2cccc(C)c2C)cc1C. The van der Waals surface area contributed by atoms with Crippen molar-refractivity contribution in [3.8, 4) is 0 Å². The number of ketones is 6. The van der Waals surface area contributed by atoms with Gasteiger partial charge in [-0.3, -0.25) is 28.8 Å². The fraction of sp³-hybridized carbons (Fsp3) is 0.211. The van der Waals surface area contributed by atoms with Crippen LogP contribution >= 0.6 is 0 Å². The van der Waals surface area contributed by atoms with Gasteiger partial charge in [-0.2, -0.15) is 0 Å². The second-order valence-electron chi connectivity index (χ2n) is 11.6. The van der Waals surface area contributed by atoms with Crippen molar-refractivity contribution in [2.24, 2.45) is 11.8 Å². The zero-order valence-corrected chi connectivity index (χ0v) is 25.5. The maximum atomic E-state index is 13.0. The van der Waals surface area contributed by atoms with E-state index in [0.29, 0.717) is 5.56 Å². The summed E-state index contributed by atoms with van der Waals surface area (Å²) in [4.78, 5) is 74.3. The van der Waals surface area contributed by atoms with Crippen molar-refractivity contribution < 1.29 is 28.8 Å². The summed E-state index contributed by atoms with van der Waals surface area (Å²) in [5.41, 5.74) is 7.49. The zero-order chi connectivity index (χ0) is 32.0. The molecule has 0 saturated carbocycles. The van der Waals surface area contributed by atoms with Gasteiger partial charge in [0.1, 0.15) is 0 Å². The van der Waals surface area contributed by atoms with Crippen LogP contribution < -0.4 is 0 Å². The molecule has 0 spiro atoms. The molecule has 0 bridgehead atoms. The first-order valence-corrected chi connectivity index (χ1v) is 14.5. The Balaban J connectivity index is 0.000000187. The van der Waals surface area contributed by atoms with E-state index < -0.39 is 17.6 Å². The van der Waals surface area contributed by atoms with Gasteiger partial charge in [0.15, 0.2) is 34.7 Å². The molecule has 2 aliphatic rings. The van der Waals surface area contributed by atoms with E-state index in [1.165, 1.54) is 36.8 Å². The Morgan fingerprint density at radius 3 is 1.75 bits per heavy atom. The average molecular weight is 585 g/mol. The van der Waals surface area contributed by atoms with Crippen molar-refractivity contribution in [1.29, 1.82) is 0 Å². The third-order valence-corrected chi connectivity index (χ3v) is 8.83. The van der Waals surface area contributed by atoms with E-state index in [1.807, 2.05) is 57.2 Å². The van der Waals surface area contributed by atoms with Gasteiger partial charge in [-0.15, -0.1) is 0 Å². The van der Waals surface area contributed by atoms with E-state index >= 15 is 0 Å². The monoisotopic (exact) mass is 584 g/mol. The number of hydrogen-bond acceptors (Lipinski definition) is 6. The average Bonchev–Trinajstić information content (AvgIpc) is 3.38. The van der Waals surface area contributed by atoms with E-state index in [1.54, 1.807) is 19.1 Å². The number of benzene rings is 4. The van der Waals surface area contributed by atoms with Crippen LogP contribution in [0.3, 0.4) is 0 Å². The number of hydrogen-bond donors (Lipinski definition) is 0. The molecule has 0 amide bonds. The quantitative estimate of drug-likeness (QED) is 0.187. The summed E-state index contributed by atoms with van der Waals surface area (Å²) >= 11 is 0. The Kier molecular flexibility index (Phi) is 7.96. The third-order valence-electron chi connectivity index (χ3n) is 8.83. The minimum atomic E-state index is -0.793. The Morgan fingerprint density at radius 2 is 1.05 bits per heavy atom. The van der Waals surface area contributed by atoms with Gasteiger partial charge in [0.2, 0.25) is 0 Å². The molecular formula is C38H32O6. The van der Waals surface area contributed by atoms with Crippen LogP contribution in [-0.4, -0.2) is 34.7 Å². The topological polar surface area (TPSA) is 102 Å². The van der Waals surface area contributed by atoms with E-state index in [2.05, 4.69) is 6.92 Å². The fourth-order valence-corrected chi connectivity index (χ4v) is 5.66. The summed E-state index contributed by atoms with van der Waals surface area (Å²) in [6, 6.07) is 20.8. The predicted molar refractivity (Wildman–Crippen MR) is 167 cm³/mol. The number of rotatable bonds is 4. The largest absolute Gasteiger partial charge is 0.293 e. The molecule has 2 aliphatic carbocycles. The van der Waals surface area contributed by atoms with Crippen LogP contribution in [0.4, 0.5) is 0 Å². The van der Waals surface area contributed by atoms with Crippen molar-refractivity contribution in [2.75, 3.05) is 0 Å². The summed E-state index contributed by atoms with van der Waals surface area (Å²) in [6.07, 6.45) is 0. The predicted octanol–water partition coefficient (Wildman–Crippen LogP) is 7.10. The third kappa shape index (κ3) is 5.06. The van der Waals surface area contributed by atoms with Gasteiger partial charge in [0.05, 0.1) is 11.8 Å². The zero-order valence-electron chi connectivity index (χ0n) is 25.5. The Hall–Kier alpha value is -5.10. The maximum Gasteiger partial charge on any atom is 0.193 e. The van der Waals surface area contributed by atoms with Crippen LogP contribution in [0, 0.1) is 39.5 Å². The Bertz CT molecular complexity index is 1940. The van der Waals surface area contributed by atoms with Crippen molar-refractivity contribution in [3.05, 3.63) is 140 Å². The van der Waals surface area contributed by atoms with Crippen LogP contribution in [-0.2, 0) is 0 Å². The maximum absolute atomic E-state index is 13.0. The number of Topliss-reactive ketones (excluding diaryl/α,β-unsaturated/α-hetero) is 4. The molecule has 0 heterocycles. The second kappa shape index (κ2) is 11.5. The van der Waals surface area contributed by atoms with Gasteiger partial charge < -0.3 is 0 Å². The number of carbonyl (C=O) groups excluding carboxylic acids is 6. The first-order valence-electron chi connectivity index (χ1n) is 14.5. The first-order chi connectivity index (χ1) is 20.8. The highest BCUT2D eigenvalue weighted by molar-refractivity contribution is 6.31.